The molecular formula is C36H74N6O6. The van der Waals surface area contributed by atoms with E-state index in [4.69, 9.17) is 28.4 Å². The van der Waals surface area contributed by atoms with E-state index in [1.165, 1.54) is 6.42 Å². The van der Waals surface area contributed by atoms with Crippen molar-refractivity contribution >= 4 is 0 Å². The predicted molar refractivity (Wildman–Crippen MR) is 193 cm³/mol. The van der Waals surface area contributed by atoms with E-state index in [1.54, 1.807) is 21.3 Å². The third-order valence-corrected chi connectivity index (χ3v) is 10.6. The topological polar surface area (TPSA) is 74.8 Å². The van der Waals surface area contributed by atoms with Gasteiger partial charge in [0.15, 0.2) is 0 Å². The van der Waals surface area contributed by atoms with Crippen LogP contribution < -0.4 is 0 Å². The smallest absolute Gasteiger partial charge is 0.0700 e. The number of ether oxygens (including phenoxy) is 6. The van der Waals surface area contributed by atoms with Gasteiger partial charge in [0.05, 0.1) is 19.8 Å². The zero-order chi connectivity index (χ0) is 34.4. The second-order valence-electron chi connectivity index (χ2n) is 14.2. The summed E-state index contributed by atoms with van der Waals surface area (Å²) in [4.78, 5) is 16.2. The zero-order valence-corrected chi connectivity index (χ0v) is 31.8. The lowest BCUT2D eigenvalue weighted by Gasteiger charge is -2.55. The summed E-state index contributed by atoms with van der Waals surface area (Å²) in [6, 6.07) is 2.01. The Morgan fingerprint density at radius 2 is 1.02 bits per heavy atom. The molecule has 284 valence electrons. The first-order valence-corrected chi connectivity index (χ1v) is 19.0. The van der Waals surface area contributed by atoms with Crippen molar-refractivity contribution in [3.05, 3.63) is 0 Å². The molecule has 0 aromatic rings. The molecule has 0 aromatic carbocycles. The molecule has 0 N–H and O–H groups in total. The number of likely N-dealkylation sites (N-methyl/N-ethyl adjacent to an activating group) is 3. The van der Waals surface area contributed by atoms with E-state index >= 15 is 0 Å². The van der Waals surface area contributed by atoms with E-state index in [2.05, 4.69) is 50.5 Å². The normalized spacial score (nSPS) is 26.1. The number of rotatable bonds is 26. The first-order chi connectivity index (χ1) is 23.5. The highest BCUT2D eigenvalue weighted by Gasteiger charge is 2.44. The van der Waals surface area contributed by atoms with Crippen molar-refractivity contribution in [1.29, 1.82) is 0 Å². The summed E-state index contributed by atoms with van der Waals surface area (Å²) in [5, 5.41) is 0. The Kier molecular flexibility index (Phi) is 22.3. The molecule has 3 aliphatic heterocycles. The fraction of sp³-hybridized carbons (Fsp3) is 1.00. The fourth-order valence-corrected chi connectivity index (χ4v) is 7.60. The number of nitrogens with zero attached hydrogens (tertiary/aromatic N) is 6. The van der Waals surface area contributed by atoms with E-state index in [9.17, 15) is 0 Å². The lowest BCUT2D eigenvalue weighted by atomic mass is 9.92. The van der Waals surface area contributed by atoms with E-state index in [-0.39, 0.29) is 0 Å². The van der Waals surface area contributed by atoms with Gasteiger partial charge in [-0.05, 0) is 66.2 Å². The first-order valence-electron chi connectivity index (χ1n) is 19.0. The molecule has 0 spiro atoms. The molecule has 3 fully saturated rings. The molecule has 12 nitrogen and oxygen atoms in total. The SMILES string of the molecule is COCCCCOCCN1CCN(C)C(C2CN(CCCOCCCOC)C(C3CN(C)CCN3CCCCOCCOC)CN2C)C1. The van der Waals surface area contributed by atoms with Crippen LogP contribution in [0.25, 0.3) is 0 Å². The molecule has 3 heterocycles. The van der Waals surface area contributed by atoms with Crippen LogP contribution in [0.5, 0.6) is 0 Å². The minimum absolute atomic E-state index is 0.491. The highest BCUT2D eigenvalue weighted by Crippen LogP contribution is 2.27. The summed E-state index contributed by atoms with van der Waals surface area (Å²) in [5.74, 6) is 0. The standard InChI is InChI=1S/C36H74N6O6/c1-37-15-18-41(13-7-8-22-48-28-27-45-6)35(29-37)36-30-39(3)34(32-42(36)14-11-24-46-25-12-21-44-5)33-31-40(17-16-38(33)2)19-26-47-23-10-9-20-43-4/h33-36H,7-32H2,1-6H3. The lowest BCUT2D eigenvalue weighted by molar-refractivity contribution is -0.0613. The molecular weight excluding hydrogens is 612 g/mol. The maximum atomic E-state index is 6.03. The van der Waals surface area contributed by atoms with Crippen LogP contribution in [-0.2, 0) is 28.4 Å². The second-order valence-corrected chi connectivity index (χ2v) is 14.2. The Morgan fingerprint density at radius 1 is 0.417 bits per heavy atom. The Hall–Kier alpha value is -0.480. The first kappa shape index (κ1) is 41.9. The minimum atomic E-state index is 0.491. The van der Waals surface area contributed by atoms with Crippen LogP contribution in [0, 0.1) is 0 Å². The maximum absolute atomic E-state index is 6.03. The summed E-state index contributed by atoms with van der Waals surface area (Å²) in [6.45, 7) is 19.1. The van der Waals surface area contributed by atoms with Crippen LogP contribution in [0.3, 0.4) is 0 Å². The van der Waals surface area contributed by atoms with Gasteiger partial charge in [-0.2, -0.15) is 0 Å². The van der Waals surface area contributed by atoms with E-state index in [1.807, 2.05) is 0 Å². The second kappa shape index (κ2) is 25.5. The molecule has 3 rings (SSSR count). The van der Waals surface area contributed by atoms with Crippen molar-refractivity contribution in [1.82, 2.24) is 29.4 Å². The number of piperazine rings is 3. The molecule has 0 aliphatic carbocycles. The van der Waals surface area contributed by atoms with Crippen LogP contribution in [0.1, 0.15) is 38.5 Å². The number of hydrogen-bond acceptors (Lipinski definition) is 12. The molecule has 0 radical (unpaired) electrons. The van der Waals surface area contributed by atoms with Crippen LogP contribution in [0.15, 0.2) is 0 Å². The van der Waals surface area contributed by atoms with Gasteiger partial charge in [0.25, 0.3) is 0 Å². The third kappa shape index (κ3) is 15.4. The van der Waals surface area contributed by atoms with E-state index < -0.39 is 0 Å². The van der Waals surface area contributed by atoms with Gasteiger partial charge in [0.1, 0.15) is 0 Å². The van der Waals surface area contributed by atoms with Gasteiger partial charge in [-0.25, -0.2) is 0 Å². The predicted octanol–water partition coefficient (Wildman–Crippen LogP) is 1.53. The molecule has 12 heteroatoms. The molecule has 0 amide bonds. The van der Waals surface area contributed by atoms with Crippen molar-refractivity contribution < 1.29 is 28.4 Å². The van der Waals surface area contributed by atoms with Crippen molar-refractivity contribution in [2.45, 2.75) is 62.7 Å². The minimum Gasteiger partial charge on any atom is -0.385 e. The summed E-state index contributed by atoms with van der Waals surface area (Å²) in [6.07, 6.45) is 6.43. The molecule has 4 atom stereocenters. The van der Waals surface area contributed by atoms with E-state index in [0.717, 1.165) is 150 Å². The third-order valence-electron chi connectivity index (χ3n) is 10.6. The van der Waals surface area contributed by atoms with E-state index in [0.29, 0.717) is 37.4 Å². The Bertz CT molecular complexity index is 789. The van der Waals surface area contributed by atoms with Gasteiger partial charge in [-0.3, -0.25) is 24.5 Å². The largest absolute Gasteiger partial charge is 0.385 e. The van der Waals surface area contributed by atoms with Gasteiger partial charge in [0.2, 0.25) is 0 Å². The van der Waals surface area contributed by atoms with Crippen LogP contribution in [0.4, 0.5) is 0 Å². The summed E-state index contributed by atoms with van der Waals surface area (Å²) in [7, 11) is 12.3. The van der Waals surface area contributed by atoms with Gasteiger partial charge in [0, 0.05) is 151 Å². The average molecular weight is 687 g/mol. The molecule has 48 heavy (non-hydrogen) atoms. The quantitative estimate of drug-likeness (QED) is 0.124. The average Bonchev–Trinajstić information content (AvgIpc) is 3.08. The number of hydrogen-bond donors (Lipinski definition) is 0. The highest BCUT2D eigenvalue weighted by molar-refractivity contribution is 5.02. The lowest BCUT2D eigenvalue weighted by Crippen LogP contribution is -2.71. The van der Waals surface area contributed by atoms with Crippen LogP contribution in [-0.4, -0.2) is 227 Å². The van der Waals surface area contributed by atoms with Crippen molar-refractivity contribution in [3.63, 3.8) is 0 Å². The van der Waals surface area contributed by atoms with Crippen molar-refractivity contribution in [3.8, 4) is 0 Å². The molecule has 0 bridgehead atoms. The molecule has 4 unspecified atom stereocenters. The number of unbranched alkanes of at least 4 members (excludes halogenated alkanes) is 2. The Balaban J connectivity index is 1.61. The Labute approximate surface area is 294 Å². The fourth-order valence-electron chi connectivity index (χ4n) is 7.60. The van der Waals surface area contributed by atoms with Crippen LogP contribution in [0.2, 0.25) is 0 Å². The van der Waals surface area contributed by atoms with Gasteiger partial charge in [-0.1, -0.05) is 0 Å². The molecule has 0 aromatic heterocycles. The van der Waals surface area contributed by atoms with Crippen molar-refractivity contribution in [2.24, 2.45) is 0 Å². The Morgan fingerprint density at radius 3 is 1.81 bits per heavy atom. The zero-order valence-electron chi connectivity index (χ0n) is 31.8. The monoisotopic (exact) mass is 687 g/mol. The van der Waals surface area contributed by atoms with Gasteiger partial charge < -0.3 is 33.3 Å². The highest BCUT2D eigenvalue weighted by atomic mass is 16.5. The van der Waals surface area contributed by atoms with Crippen molar-refractivity contribution in [2.75, 3.05) is 174 Å². The molecule has 3 aliphatic rings. The van der Waals surface area contributed by atoms with Gasteiger partial charge in [-0.15, -0.1) is 0 Å². The molecule has 3 saturated heterocycles. The summed E-state index contributed by atoms with van der Waals surface area (Å²) < 4.78 is 33.3. The maximum Gasteiger partial charge on any atom is 0.0700 e. The summed E-state index contributed by atoms with van der Waals surface area (Å²) in [5.41, 5.74) is 0. The van der Waals surface area contributed by atoms with Gasteiger partial charge >= 0.3 is 0 Å². The number of methoxy groups -OCH3 is 3. The van der Waals surface area contributed by atoms with Crippen LogP contribution >= 0.6 is 0 Å². The summed E-state index contributed by atoms with van der Waals surface area (Å²) >= 11 is 0. The molecule has 0 saturated carbocycles.